The molecule has 0 aliphatic rings. The number of ether oxygens (including phenoxy) is 1. The van der Waals surface area contributed by atoms with Gasteiger partial charge >= 0.3 is 5.97 Å². The maximum Gasteiger partial charge on any atom is 0.319 e. The van der Waals surface area contributed by atoms with Crippen LogP contribution in [0.5, 0.6) is 0 Å². The first-order valence-electron chi connectivity index (χ1n) is 6.95. The SMILES string of the molecule is CCOC(=O)[C@@H](C)Sc1nc(-c2ccccc2)ccc1C#N. The maximum absolute atomic E-state index is 11.7. The molecule has 1 aromatic heterocycles. The molecule has 0 aliphatic heterocycles. The highest BCUT2D eigenvalue weighted by molar-refractivity contribution is 8.00. The normalized spacial score (nSPS) is 11.5. The Morgan fingerprint density at radius 3 is 2.68 bits per heavy atom. The van der Waals surface area contributed by atoms with Crippen molar-refractivity contribution in [3.63, 3.8) is 0 Å². The van der Waals surface area contributed by atoms with Crippen molar-refractivity contribution < 1.29 is 9.53 Å². The first kappa shape index (κ1) is 16.1. The van der Waals surface area contributed by atoms with Gasteiger partial charge in [0, 0.05) is 5.56 Å². The summed E-state index contributed by atoms with van der Waals surface area (Å²) in [5, 5.41) is 9.35. The van der Waals surface area contributed by atoms with Gasteiger partial charge in [0.05, 0.1) is 17.9 Å². The molecule has 112 valence electrons. The molecule has 22 heavy (non-hydrogen) atoms. The number of hydrogen-bond acceptors (Lipinski definition) is 5. The van der Waals surface area contributed by atoms with Gasteiger partial charge in [-0.1, -0.05) is 42.1 Å². The first-order chi connectivity index (χ1) is 10.7. The highest BCUT2D eigenvalue weighted by Gasteiger charge is 2.18. The van der Waals surface area contributed by atoms with Gasteiger partial charge in [-0.2, -0.15) is 5.26 Å². The highest BCUT2D eigenvalue weighted by Crippen LogP contribution is 2.28. The van der Waals surface area contributed by atoms with Crippen molar-refractivity contribution in [1.29, 1.82) is 5.26 Å². The number of pyridine rings is 1. The number of aromatic nitrogens is 1. The number of benzene rings is 1. The van der Waals surface area contributed by atoms with E-state index in [0.717, 1.165) is 11.3 Å². The summed E-state index contributed by atoms with van der Waals surface area (Å²) >= 11 is 1.24. The molecule has 5 heteroatoms. The van der Waals surface area contributed by atoms with Crippen molar-refractivity contribution in [1.82, 2.24) is 4.98 Å². The summed E-state index contributed by atoms with van der Waals surface area (Å²) in [6, 6.07) is 15.4. The molecule has 0 aliphatic carbocycles. The second kappa shape index (κ2) is 7.62. The highest BCUT2D eigenvalue weighted by atomic mass is 32.2. The van der Waals surface area contributed by atoms with E-state index >= 15 is 0 Å². The second-order valence-corrected chi connectivity index (χ2v) is 5.87. The van der Waals surface area contributed by atoms with E-state index in [1.54, 1.807) is 19.9 Å². The number of hydrogen-bond donors (Lipinski definition) is 0. The van der Waals surface area contributed by atoms with Gasteiger partial charge in [-0.3, -0.25) is 4.79 Å². The van der Waals surface area contributed by atoms with Crippen LogP contribution in [0.15, 0.2) is 47.5 Å². The van der Waals surface area contributed by atoms with Gasteiger partial charge in [0.15, 0.2) is 0 Å². The molecule has 0 unspecified atom stereocenters. The van der Waals surface area contributed by atoms with Gasteiger partial charge < -0.3 is 4.74 Å². The summed E-state index contributed by atoms with van der Waals surface area (Å²) < 4.78 is 4.99. The maximum atomic E-state index is 11.7. The monoisotopic (exact) mass is 312 g/mol. The van der Waals surface area contributed by atoms with E-state index in [4.69, 9.17) is 4.74 Å². The third kappa shape index (κ3) is 3.86. The average Bonchev–Trinajstić information content (AvgIpc) is 2.55. The van der Waals surface area contributed by atoms with Gasteiger partial charge in [-0.05, 0) is 26.0 Å². The fourth-order valence-electron chi connectivity index (χ4n) is 1.86. The fourth-order valence-corrected chi connectivity index (χ4v) is 2.75. The smallest absolute Gasteiger partial charge is 0.319 e. The number of rotatable bonds is 5. The molecule has 0 saturated carbocycles. The summed E-state index contributed by atoms with van der Waals surface area (Å²) in [5.74, 6) is -0.302. The number of nitriles is 1. The summed E-state index contributed by atoms with van der Waals surface area (Å²) in [4.78, 5) is 16.3. The Hall–Kier alpha value is -2.32. The van der Waals surface area contributed by atoms with Gasteiger partial charge in [0.2, 0.25) is 0 Å². The quantitative estimate of drug-likeness (QED) is 0.622. The molecule has 0 saturated heterocycles. The first-order valence-corrected chi connectivity index (χ1v) is 7.83. The summed E-state index contributed by atoms with van der Waals surface area (Å²) in [6.45, 7) is 3.86. The van der Waals surface area contributed by atoms with Crippen LogP contribution < -0.4 is 0 Å². The Morgan fingerprint density at radius 2 is 2.05 bits per heavy atom. The van der Waals surface area contributed by atoms with Crippen molar-refractivity contribution in [3.05, 3.63) is 48.0 Å². The molecule has 1 heterocycles. The lowest BCUT2D eigenvalue weighted by Crippen LogP contribution is -2.17. The molecular weight excluding hydrogens is 296 g/mol. The van der Waals surface area contributed by atoms with Gasteiger partial charge in [-0.25, -0.2) is 4.98 Å². The lowest BCUT2D eigenvalue weighted by molar-refractivity contribution is -0.142. The zero-order valence-corrected chi connectivity index (χ0v) is 13.3. The number of nitrogens with zero attached hydrogens (tertiary/aromatic N) is 2. The lowest BCUT2D eigenvalue weighted by Gasteiger charge is -2.11. The zero-order chi connectivity index (χ0) is 15.9. The van der Waals surface area contributed by atoms with E-state index in [1.165, 1.54) is 11.8 Å². The van der Waals surface area contributed by atoms with Crippen molar-refractivity contribution in [3.8, 4) is 17.3 Å². The van der Waals surface area contributed by atoms with Crippen molar-refractivity contribution in [2.45, 2.75) is 24.1 Å². The summed E-state index contributed by atoms with van der Waals surface area (Å²) in [5.41, 5.74) is 2.21. The predicted octanol–water partition coefficient (Wildman–Crippen LogP) is 3.66. The predicted molar refractivity (Wildman–Crippen MR) is 86.3 cm³/mol. The molecule has 0 fully saturated rings. The largest absolute Gasteiger partial charge is 0.465 e. The summed E-state index contributed by atoms with van der Waals surface area (Å²) in [7, 11) is 0. The van der Waals surface area contributed by atoms with E-state index in [-0.39, 0.29) is 5.97 Å². The minimum atomic E-state index is -0.412. The van der Waals surface area contributed by atoms with Crippen LogP contribution in [0.3, 0.4) is 0 Å². The molecular formula is C17H16N2O2S. The van der Waals surface area contributed by atoms with Crippen LogP contribution >= 0.6 is 11.8 Å². The van der Waals surface area contributed by atoms with E-state index in [9.17, 15) is 10.1 Å². The Labute approximate surface area is 134 Å². The number of thioether (sulfide) groups is 1. The zero-order valence-electron chi connectivity index (χ0n) is 12.4. The van der Waals surface area contributed by atoms with Crippen molar-refractivity contribution >= 4 is 17.7 Å². The molecule has 0 spiro atoms. The second-order valence-electron chi connectivity index (χ2n) is 4.54. The van der Waals surface area contributed by atoms with Crippen LogP contribution in [0.2, 0.25) is 0 Å². The standard InChI is InChI=1S/C17H16N2O2S/c1-3-21-17(20)12(2)22-16-14(11-18)9-10-15(19-16)13-7-5-4-6-8-13/h4-10,12H,3H2,1-2H3/t12-/m1/s1. The van der Waals surface area contributed by atoms with Gasteiger partial charge in [0.1, 0.15) is 16.3 Å². The van der Waals surface area contributed by atoms with E-state index < -0.39 is 5.25 Å². The molecule has 0 bridgehead atoms. The Balaban J connectivity index is 2.30. The Kier molecular flexibility index (Phi) is 5.56. The van der Waals surface area contributed by atoms with Gasteiger partial charge in [-0.15, -0.1) is 0 Å². The molecule has 0 amide bonds. The minimum Gasteiger partial charge on any atom is -0.465 e. The van der Waals surface area contributed by atoms with Crippen LogP contribution in [0.1, 0.15) is 19.4 Å². The topological polar surface area (TPSA) is 63.0 Å². The van der Waals surface area contributed by atoms with Crippen LogP contribution in [0.25, 0.3) is 11.3 Å². The van der Waals surface area contributed by atoms with Crippen molar-refractivity contribution in [2.24, 2.45) is 0 Å². The molecule has 2 rings (SSSR count). The Morgan fingerprint density at radius 1 is 1.32 bits per heavy atom. The fraction of sp³-hybridized carbons (Fsp3) is 0.235. The van der Waals surface area contributed by atoms with E-state index in [0.29, 0.717) is 17.2 Å². The van der Waals surface area contributed by atoms with E-state index in [1.807, 2.05) is 36.4 Å². The molecule has 1 aromatic carbocycles. The summed E-state index contributed by atoms with van der Waals surface area (Å²) in [6.07, 6.45) is 0. The van der Waals surface area contributed by atoms with Crippen LogP contribution in [0, 0.1) is 11.3 Å². The molecule has 4 nitrogen and oxygen atoms in total. The minimum absolute atomic E-state index is 0.302. The third-order valence-electron chi connectivity index (χ3n) is 2.96. The van der Waals surface area contributed by atoms with Crippen LogP contribution in [0.4, 0.5) is 0 Å². The Bertz CT molecular complexity index is 696. The number of carbonyl (C=O) groups is 1. The molecule has 0 N–H and O–H groups in total. The molecule has 0 radical (unpaired) electrons. The van der Waals surface area contributed by atoms with E-state index in [2.05, 4.69) is 11.1 Å². The van der Waals surface area contributed by atoms with Crippen LogP contribution in [-0.2, 0) is 9.53 Å². The molecule has 2 aromatic rings. The molecule has 1 atom stereocenters. The number of carbonyl (C=O) groups excluding carboxylic acids is 1. The number of esters is 1. The average molecular weight is 312 g/mol. The third-order valence-corrected chi connectivity index (χ3v) is 4.04. The van der Waals surface area contributed by atoms with Gasteiger partial charge in [0.25, 0.3) is 0 Å². The van der Waals surface area contributed by atoms with Crippen molar-refractivity contribution in [2.75, 3.05) is 6.61 Å². The lowest BCUT2D eigenvalue weighted by atomic mass is 10.1. The van der Waals surface area contributed by atoms with Crippen LogP contribution in [-0.4, -0.2) is 22.8 Å².